The summed E-state index contributed by atoms with van der Waals surface area (Å²) in [6.45, 7) is 0. The Balaban J connectivity index is 1.58. The Bertz CT molecular complexity index is 520. The van der Waals surface area contributed by atoms with Crippen LogP contribution < -0.4 is 15.4 Å². The number of ether oxygens (including phenoxy) is 1. The van der Waals surface area contributed by atoms with Crippen LogP contribution in [0.1, 0.15) is 32.1 Å². The Morgan fingerprint density at radius 1 is 1.23 bits per heavy atom. The van der Waals surface area contributed by atoms with Crippen molar-refractivity contribution in [3.63, 3.8) is 0 Å². The van der Waals surface area contributed by atoms with E-state index < -0.39 is 0 Å². The number of para-hydroxylation sites is 2. The van der Waals surface area contributed by atoms with Gasteiger partial charge in [-0.3, -0.25) is 0 Å². The normalized spacial score (nSPS) is 28.0. The van der Waals surface area contributed by atoms with Crippen molar-refractivity contribution < 1.29 is 9.53 Å². The highest BCUT2D eigenvalue weighted by atomic mass is 16.5. The van der Waals surface area contributed by atoms with Gasteiger partial charge in [-0.15, -0.1) is 0 Å². The van der Waals surface area contributed by atoms with Crippen LogP contribution in [0, 0.1) is 0 Å². The SMILES string of the molecule is COc1ccccc1NC(=O)NC1C[C@H]2CCC[C@@H](C1)N2C. The number of piperidine rings is 2. The van der Waals surface area contributed by atoms with Crippen LogP contribution in [0.25, 0.3) is 0 Å². The van der Waals surface area contributed by atoms with Crippen molar-refractivity contribution in [1.29, 1.82) is 0 Å². The van der Waals surface area contributed by atoms with Gasteiger partial charge in [-0.1, -0.05) is 18.6 Å². The molecule has 0 spiro atoms. The van der Waals surface area contributed by atoms with Crippen molar-refractivity contribution in [2.75, 3.05) is 19.5 Å². The number of carbonyl (C=O) groups excluding carboxylic acids is 1. The van der Waals surface area contributed by atoms with Crippen molar-refractivity contribution in [3.05, 3.63) is 24.3 Å². The Labute approximate surface area is 132 Å². The van der Waals surface area contributed by atoms with Gasteiger partial charge in [-0.2, -0.15) is 0 Å². The summed E-state index contributed by atoms with van der Waals surface area (Å²) in [5, 5.41) is 6.03. The molecule has 1 unspecified atom stereocenters. The number of amides is 2. The number of methoxy groups -OCH3 is 1. The molecule has 0 radical (unpaired) electrons. The molecule has 5 nitrogen and oxygen atoms in total. The van der Waals surface area contributed by atoms with E-state index in [2.05, 4.69) is 22.6 Å². The van der Waals surface area contributed by atoms with Gasteiger partial charge in [-0.25, -0.2) is 4.79 Å². The molecule has 2 fully saturated rings. The van der Waals surface area contributed by atoms with Crippen molar-refractivity contribution in [3.8, 4) is 5.75 Å². The molecule has 2 heterocycles. The van der Waals surface area contributed by atoms with Crippen LogP contribution in [0.5, 0.6) is 5.75 Å². The van der Waals surface area contributed by atoms with E-state index in [1.807, 2.05) is 24.3 Å². The summed E-state index contributed by atoms with van der Waals surface area (Å²) in [4.78, 5) is 14.8. The van der Waals surface area contributed by atoms with E-state index in [4.69, 9.17) is 4.74 Å². The lowest BCUT2D eigenvalue weighted by atomic mass is 9.82. The zero-order valence-corrected chi connectivity index (χ0v) is 13.3. The third-order valence-electron chi connectivity index (χ3n) is 5.03. The molecule has 3 rings (SSSR count). The first-order valence-corrected chi connectivity index (χ1v) is 8.10. The van der Waals surface area contributed by atoms with Crippen LogP contribution in [0.4, 0.5) is 10.5 Å². The van der Waals surface area contributed by atoms with Crippen LogP contribution in [-0.4, -0.2) is 43.2 Å². The zero-order valence-electron chi connectivity index (χ0n) is 13.3. The third-order valence-corrected chi connectivity index (χ3v) is 5.03. The molecule has 1 aromatic rings. The van der Waals surface area contributed by atoms with Crippen molar-refractivity contribution in [2.45, 2.75) is 50.2 Å². The molecular weight excluding hydrogens is 278 g/mol. The van der Waals surface area contributed by atoms with E-state index in [9.17, 15) is 4.79 Å². The number of urea groups is 1. The Morgan fingerprint density at radius 3 is 2.59 bits per heavy atom. The Morgan fingerprint density at radius 2 is 1.91 bits per heavy atom. The highest BCUT2D eigenvalue weighted by Gasteiger charge is 2.36. The van der Waals surface area contributed by atoms with Gasteiger partial charge in [-0.05, 0) is 44.9 Å². The van der Waals surface area contributed by atoms with Gasteiger partial charge in [0.25, 0.3) is 0 Å². The first-order chi connectivity index (χ1) is 10.7. The standard InChI is InChI=1S/C17H25N3O2/c1-20-13-6-5-7-14(20)11-12(10-13)18-17(21)19-15-8-3-4-9-16(15)22-2/h3-4,8-9,12-14H,5-7,10-11H2,1-2H3,(H2,18,19,21)/t12?,13-,14+. The largest absolute Gasteiger partial charge is 0.495 e. The minimum atomic E-state index is -0.142. The number of rotatable bonds is 3. The Kier molecular flexibility index (Phi) is 4.52. The first kappa shape index (κ1) is 15.2. The summed E-state index contributed by atoms with van der Waals surface area (Å²) in [5.74, 6) is 0.679. The summed E-state index contributed by atoms with van der Waals surface area (Å²) >= 11 is 0. The average molecular weight is 303 g/mol. The minimum Gasteiger partial charge on any atom is -0.495 e. The van der Waals surface area contributed by atoms with Gasteiger partial charge >= 0.3 is 6.03 Å². The maximum Gasteiger partial charge on any atom is 0.319 e. The monoisotopic (exact) mass is 303 g/mol. The van der Waals surface area contributed by atoms with E-state index in [1.54, 1.807) is 7.11 Å². The molecule has 2 N–H and O–H groups in total. The van der Waals surface area contributed by atoms with Gasteiger partial charge in [0.15, 0.2) is 0 Å². The minimum absolute atomic E-state index is 0.142. The maximum absolute atomic E-state index is 12.3. The van der Waals surface area contributed by atoms with Crippen LogP contribution in [0.3, 0.4) is 0 Å². The van der Waals surface area contributed by atoms with Gasteiger partial charge < -0.3 is 20.3 Å². The van der Waals surface area contributed by atoms with Crippen LogP contribution in [-0.2, 0) is 0 Å². The fourth-order valence-electron chi connectivity index (χ4n) is 3.83. The zero-order chi connectivity index (χ0) is 15.5. The van der Waals surface area contributed by atoms with Crippen LogP contribution >= 0.6 is 0 Å². The molecule has 2 amide bonds. The molecule has 2 aliphatic rings. The van der Waals surface area contributed by atoms with Gasteiger partial charge in [0.05, 0.1) is 12.8 Å². The van der Waals surface area contributed by atoms with Gasteiger partial charge in [0.2, 0.25) is 0 Å². The number of nitrogens with zero attached hydrogens (tertiary/aromatic N) is 1. The molecule has 2 saturated heterocycles. The predicted molar refractivity (Wildman–Crippen MR) is 87.4 cm³/mol. The second-order valence-electron chi connectivity index (χ2n) is 6.37. The number of carbonyl (C=O) groups is 1. The lowest BCUT2D eigenvalue weighted by Crippen LogP contribution is -2.55. The summed E-state index contributed by atoms with van der Waals surface area (Å²) < 4.78 is 5.26. The van der Waals surface area contributed by atoms with E-state index >= 15 is 0 Å². The molecule has 1 aromatic carbocycles. The quantitative estimate of drug-likeness (QED) is 0.903. The number of fused-ring (bicyclic) bond motifs is 2. The third kappa shape index (κ3) is 3.19. The fraction of sp³-hybridized carbons (Fsp3) is 0.588. The lowest BCUT2D eigenvalue weighted by molar-refractivity contribution is 0.0513. The summed E-state index contributed by atoms with van der Waals surface area (Å²) in [5.41, 5.74) is 0.704. The predicted octanol–water partition coefficient (Wildman–Crippen LogP) is 2.83. The van der Waals surface area contributed by atoms with Crippen molar-refractivity contribution in [1.82, 2.24) is 10.2 Å². The van der Waals surface area contributed by atoms with Crippen molar-refractivity contribution in [2.24, 2.45) is 0 Å². The number of benzene rings is 1. The summed E-state index contributed by atoms with van der Waals surface area (Å²) in [6, 6.07) is 8.82. The van der Waals surface area contributed by atoms with Gasteiger partial charge in [0, 0.05) is 18.1 Å². The molecule has 120 valence electrons. The topological polar surface area (TPSA) is 53.6 Å². The smallest absolute Gasteiger partial charge is 0.319 e. The highest BCUT2D eigenvalue weighted by Crippen LogP contribution is 2.32. The molecular formula is C17H25N3O2. The second-order valence-corrected chi connectivity index (χ2v) is 6.37. The average Bonchev–Trinajstić information content (AvgIpc) is 2.49. The van der Waals surface area contributed by atoms with Crippen LogP contribution in [0.2, 0.25) is 0 Å². The molecule has 5 heteroatoms. The van der Waals surface area contributed by atoms with E-state index in [0.717, 1.165) is 12.8 Å². The van der Waals surface area contributed by atoms with Crippen LogP contribution in [0.15, 0.2) is 24.3 Å². The lowest BCUT2D eigenvalue weighted by Gasteiger charge is -2.47. The van der Waals surface area contributed by atoms with Crippen molar-refractivity contribution >= 4 is 11.7 Å². The molecule has 2 aliphatic heterocycles. The number of hydrogen-bond donors (Lipinski definition) is 2. The number of anilines is 1. The Hall–Kier alpha value is -1.75. The van der Waals surface area contributed by atoms with E-state index in [-0.39, 0.29) is 12.1 Å². The fourth-order valence-corrected chi connectivity index (χ4v) is 3.83. The molecule has 2 bridgehead atoms. The van der Waals surface area contributed by atoms with Gasteiger partial charge in [0.1, 0.15) is 5.75 Å². The highest BCUT2D eigenvalue weighted by molar-refractivity contribution is 5.91. The number of nitrogens with one attached hydrogen (secondary N) is 2. The molecule has 22 heavy (non-hydrogen) atoms. The van der Waals surface area contributed by atoms with E-state index in [0.29, 0.717) is 23.5 Å². The number of hydrogen-bond acceptors (Lipinski definition) is 3. The summed E-state index contributed by atoms with van der Waals surface area (Å²) in [7, 11) is 3.83. The first-order valence-electron chi connectivity index (χ1n) is 8.10. The maximum atomic E-state index is 12.3. The molecule has 0 aromatic heterocycles. The molecule has 0 saturated carbocycles. The summed E-state index contributed by atoms with van der Waals surface area (Å²) in [6.07, 6.45) is 5.91. The second kappa shape index (κ2) is 6.57. The van der Waals surface area contributed by atoms with E-state index in [1.165, 1.54) is 19.3 Å². The molecule has 3 atom stereocenters. The molecule has 0 aliphatic carbocycles.